The van der Waals surface area contributed by atoms with Crippen LogP contribution in [-0.2, 0) is 10.0 Å². The van der Waals surface area contributed by atoms with Crippen molar-refractivity contribution in [1.82, 2.24) is 0 Å². The molecule has 2 aromatic carbocycles. The van der Waals surface area contributed by atoms with Crippen molar-refractivity contribution in [3.05, 3.63) is 59.7 Å². The lowest BCUT2D eigenvalue weighted by atomic mass is 10.1. The van der Waals surface area contributed by atoms with Crippen molar-refractivity contribution in [3.63, 3.8) is 0 Å². The third kappa shape index (κ3) is 3.23. The Morgan fingerprint density at radius 2 is 1.92 bits per heavy atom. The zero-order chi connectivity index (χ0) is 17.3. The van der Waals surface area contributed by atoms with Crippen molar-refractivity contribution in [2.75, 3.05) is 21.9 Å². The Bertz CT molecular complexity index is 900. The van der Waals surface area contributed by atoms with Gasteiger partial charge in [0.25, 0.3) is 5.91 Å². The van der Waals surface area contributed by atoms with Crippen molar-refractivity contribution in [2.24, 2.45) is 0 Å². The average Bonchev–Trinajstić information content (AvgIpc) is 2.89. The smallest absolute Gasteiger partial charge is 0.255 e. The van der Waals surface area contributed by atoms with Crippen molar-refractivity contribution >= 4 is 27.3 Å². The van der Waals surface area contributed by atoms with Gasteiger partial charge in [0.2, 0.25) is 10.0 Å². The average molecular weight is 352 g/mol. The van der Waals surface area contributed by atoms with Crippen LogP contribution < -0.4 is 9.62 Å². The molecular formula is C16H14F2N2O3S. The summed E-state index contributed by atoms with van der Waals surface area (Å²) in [7, 11) is -3.35. The van der Waals surface area contributed by atoms with Gasteiger partial charge in [0.1, 0.15) is 11.6 Å². The number of anilines is 2. The van der Waals surface area contributed by atoms with Crippen LogP contribution in [0.25, 0.3) is 0 Å². The van der Waals surface area contributed by atoms with Crippen molar-refractivity contribution in [3.8, 4) is 0 Å². The first-order chi connectivity index (χ1) is 11.4. The highest BCUT2D eigenvalue weighted by Crippen LogP contribution is 2.25. The van der Waals surface area contributed by atoms with Crippen LogP contribution in [0.4, 0.5) is 20.2 Å². The molecule has 0 bridgehead atoms. The number of hydrogen-bond donors (Lipinski definition) is 1. The number of carbonyl (C=O) groups is 1. The van der Waals surface area contributed by atoms with E-state index in [1.165, 1.54) is 16.4 Å². The van der Waals surface area contributed by atoms with Gasteiger partial charge in [-0.1, -0.05) is 6.07 Å². The molecule has 1 aliphatic heterocycles. The second-order valence-corrected chi connectivity index (χ2v) is 7.38. The molecule has 1 amide bonds. The highest BCUT2D eigenvalue weighted by Gasteiger charge is 2.28. The number of halogens is 2. The number of rotatable bonds is 3. The van der Waals surface area contributed by atoms with E-state index in [1.807, 2.05) is 0 Å². The summed E-state index contributed by atoms with van der Waals surface area (Å²) in [4.78, 5) is 12.2. The van der Waals surface area contributed by atoms with Gasteiger partial charge in [-0.15, -0.1) is 0 Å². The summed E-state index contributed by atoms with van der Waals surface area (Å²) in [6.45, 7) is 0.361. The largest absolute Gasteiger partial charge is 0.319 e. The molecular weight excluding hydrogens is 338 g/mol. The van der Waals surface area contributed by atoms with E-state index in [2.05, 4.69) is 5.32 Å². The van der Waals surface area contributed by atoms with Crippen molar-refractivity contribution in [1.29, 1.82) is 0 Å². The van der Waals surface area contributed by atoms with E-state index in [-0.39, 0.29) is 17.0 Å². The fourth-order valence-electron chi connectivity index (χ4n) is 2.52. The Balaban J connectivity index is 1.84. The first-order valence-electron chi connectivity index (χ1n) is 7.24. The van der Waals surface area contributed by atoms with Gasteiger partial charge in [-0.25, -0.2) is 17.2 Å². The van der Waals surface area contributed by atoms with Crippen LogP contribution in [0.5, 0.6) is 0 Å². The van der Waals surface area contributed by atoms with Crippen molar-refractivity contribution in [2.45, 2.75) is 6.42 Å². The predicted molar refractivity (Wildman–Crippen MR) is 86.5 cm³/mol. The van der Waals surface area contributed by atoms with Crippen molar-refractivity contribution < 1.29 is 22.0 Å². The summed E-state index contributed by atoms with van der Waals surface area (Å²) in [5.41, 5.74) is 0.415. The van der Waals surface area contributed by atoms with Crippen LogP contribution in [0.2, 0.25) is 0 Å². The van der Waals surface area contributed by atoms with Gasteiger partial charge in [0.05, 0.1) is 17.1 Å². The molecule has 1 N–H and O–H groups in total. The number of nitrogens with zero attached hydrogens (tertiary/aromatic N) is 1. The van der Waals surface area contributed by atoms with E-state index >= 15 is 0 Å². The highest BCUT2D eigenvalue weighted by atomic mass is 32.2. The van der Waals surface area contributed by atoms with Gasteiger partial charge in [-0.05, 0) is 36.8 Å². The monoisotopic (exact) mass is 352 g/mol. The molecule has 0 atom stereocenters. The Labute approximate surface area is 138 Å². The maximum Gasteiger partial charge on any atom is 0.255 e. The third-order valence-electron chi connectivity index (χ3n) is 3.67. The summed E-state index contributed by atoms with van der Waals surface area (Å²) in [6.07, 6.45) is 0.527. The first-order valence-corrected chi connectivity index (χ1v) is 8.85. The lowest BCUT2D eigenvalue weighted by Crippen LogP contribution is -2.25. The molecule has 0 unspecified atom stereocenters. The van der Waals surface area contributed by atoms with E-state index < -0.39 is 27.6 Å². The van der Waals surface area contributed by atoms with Gasteiger partial charge in [0.15, 0.2) is 0 Å². The van der Waals surface area contributed by atoms with Gasteiger partial charge in [-0.2, -0.15) is 0 Å². The maximum atomic E-state index is 13.6. The zero-order valence-corrected chi connectivity index (χ0v) is 13.3. The molecule has 126 valence electrons. The molecule has 1 fully saturated rings. The minimum Gasteiger partial charge on any atom is -0.319 e. The van der Waals surface area contributed by atoms with E-state index in [4.69, 9.17) is 0 Å². The van der Waals surface area contributed by atoms with Gasteiger partial charge < -0.3 is 5.32 Å². The molecule has 24 heavy (non-hydrogen) atoms. The number of amides is 1. The van der Waals surface area contributed by atoms with E-state index in [0.717, 1.165) is 12.1 Å². The summed E-state index contributed by atoms with van der Waals surface area (Å²) in [5.74, 6) is -2.17. The number of sulfonamides is 1. The topological polar surface area (TPSA) is 66.5 Å². The van der Waals surface area contributed by atoms with Crippen LogP contribution in [0.3, 0.4) is 0 Å². The fraction of sp³-hybridized carbons (Fsp3) is 0.188. The molecule has 1 aliphatic rings. The minimum absolute atomic E-state index is 0.0736. The highest BCUT2D eigenvalue weighted by molar-refractivity contribution is 7.93. The van der Waals surface area contributed by atoms with E-state index in [0.29, 0.717) is 24.7 Å². The number of carbonyl (C=O) groups excluding carboxylic acids is 1. The van der Waals surface area contributed by atoms with Crippen LogP contribution >= 0.6 is 0 Å². The zero-order valence-electron chi connectivity index (χ0n) is 12.5. The second-order valence-electron chi connectivity index (χ2n) is 5.37. The SMILES string of the molecule is O=C(Nc1ccc(F)cc1F)c1cccc(N2CCCS2(=O)=O)c1. The molecule has 0 saturated carbocycles. The van der Waals surface area contributed by atoms with Gasteiger partial charge in [0, 0.05) is 18.2 Å². The lowest BCUT2D eigenvalue weighted by molar-refractivity contribution is 0.102. The Morgan fingerprint density at radius 3 is 2.58 bits per heavy atom. The number of nitrogens with one attached hydrogen (secondary N) is 1. The fourth-order valence-corrected chi connectivity index (χ4v) is 4.07. The summed E-state index contributed by atoms with van der Waals surface area (Å²) in [5, 5.41) is 2.34. The molecule has 8 heteroatoms. The Kier molecular flexibility index (Phi) is 4.23. The lowest BCUT2D eigenvalue weighted by Gasteiger charge is -2.17. The van der Waals surface area contributed by atoms with Gasteiger partial charge >= 0.3 is 0 Å². The van der Waals surface area contributed by atoms with Crippen LogP contribution in [-0.4, -0.2) is 26.6 Å². The normalized spacial score (nSPS) is 16.2. The van der Waals surface area contributed by atoms with Gasteiger partial charge in [-0.3, -0.25) is 9.10 Å². The summed E-state index contributed by atoms with van der Waals surface area (Å²) in [6, 6.07) is 8.89. The third-order valence-corrected chi connectivity index (χ3v) is 5.54. The standard InChI is InChI=1S/C16H14F2N2O3S/c17-12-5-6-15(14(18)10-12)19-16(21)11-3-1-4-13(9-11)20-7-2-8-24(20,22)23/h1,3-6,9-10H,2,7-8H2,(H,19,21). The maximum absolute atomic E-state index is 13.6. The van der Waals surface area contributed by atoms with Crippen LogP contribution in [0.15, 0.2) is 42.5 Å². The first kappa shape index (κ1) is 16.4. The molecule has 1 saturated heterocycles. The van der Waals surface area contributed by atoms with E-state index in [1.54, 1.807) is 12.1 Å². The molecule has 3 rings (SSSR count). The minimum atomic E-state index is -3.35. The Hall–Kier alpha value is -2.48. The molecule has 0 aliphatic carbocycles. The quantitative estimate of drug-likeness (QED) is 0.924. The molecule has 0 aromatic heterocycles. The predicted octanol–water partition coefficient (Wildman–Crippen LogP) is 2.76. The van der Waals surface area contributed by atoms with Crippen LogP contribution in [0.1, 0.15) is 16.8 Å². The molecule has 1 heterocycles. The van der Waals surface area contributed by atoms with E-state index in [9.17, 15) is 22.0 Å². The molecule has 0 radical (unpaired) electrons. The van der Waals surface area contributed by atoms with Crippen LogP contribution in [0, 0.1) is 11.6 Å². The number of benzene rings is 2. The summed E-state index contributed by atoms with van der Waals surface area (Å²) < 4.78 is 51.7. The molecule has 2 aromatic rings. The Morgan fingerprint density at radius 1 is 1.12 bits per heavy atom. The number of hydrogen-bond acceptors (Lipinski definition) is 3. The molecule has 0 spiro atoms. The molecule has 5 nitrogen and oxygen atoms in total. The second kappa shape index (κ2) is 6.20. The summed E-state index contributed by atoms with van der Waals surface area (Å²) >= 11 is 0.